The molecule has 28 heavy (non-hydrogen) atoms. The Labute approximate surface area is 165 Å². The van der Waals surface area contributed by atoms with E-state index < -0.39 is 5.97 Å². The molecule has 0 atom stereocenters. The molecule has 1 aliphatic heterocycles. The fraction of sp³-hybridized carbons (Fsp3) is 0.200. The van der Waals surface area contributed by atoms with Gasteiger partial charge >= 0.3 is 5.97 Å². The molecule has 0 radical (unpaired) electrons. The van der Waals surface area contributed by atoms with Gasteiger partial charge in [-0.1, -0.05) is 29.4 Å². The maximum Gasteiger partial charge on any atom is 0.338 e. The van der Waals surface area contributed by atoms with E-state index in [4.69, 9.17) is 9.26 Å². The van der Waals surface area contributed by atoms with Crippen LogP contribution in [0.1, 0.15) is 28.2 Å². The van der Waals surface area contributed by atoms with Gasteiger partial charge in [-0.05, 0) is 30.7 Å². The summed E-state index contributed by atoms with van der Waals surface area (Å²) >= 11 is 1.58. The minimum absolute atomic E-state index is 0.0636. The monoisotopic (exact) mass is 395 g/mol. The van der Waals surface area contributed by atoms with Gasteiger partial charge in [-0.3, -0.25) is 4.79 Å². The van der Waals surface area contributed by atoms with E-state index in [-0.39, 0.29) is 18.4 Å². The number of aromatic nitrogens is 2. The average Bonchev–Trinajstić information content (AvgIpc) is 3.08. The number of amides is 1. The predicted molar refractivity (Wildman–Crippen MR) is 104 cm³/mol. The third-order valence-electron chi connectivity index (χ3n) is 4.26. The summed E-state index contributed by atoms with van der Waals surface area (Å²) in [5.74, 6) is 0.788. The van der Waals surface area contributed by atoms with Crippen molar-refractivity contribution in [3.05, 3.63) is 59.5 Å². The van der Waals surface area contributed by atoms with E-state index in [1.807, 2.05) is 37.3 Å². The second kappa shape index (κ2) is 7.85. The first-order chi connectivity index (χ1) is 13.6. The predicted octanol–water partition coefficient (Wildman–Crippen LogP) is 3.84. The van der Waals surface area contributed by atoms with Crippen molar-refractivity contribution < 1.29 is 18.8 Å². The van der Waals surface area contributed by atoms with Crippen molar-refractivity contribution in [1.82, 2.24) is 10.1 Å². The highest BCUT2D eigenvalue weighted by Gasteiger charge is 2.17. The van der Waals surface area contributed by atoms with Crippen LogP contribution in [0.4, 0.5) is 5.69 Å². The largest absolute Gasteiger partial charge is 0.452 e. The van der Waals surface area contributed by atoms with Gasteiger partial charge in [-0.25, -0.2) is 4.79 Å². The lowest BCUT2D eigenvalue weighted by molar-refractivity contribution is -0.115. The topological polar surface area (TPSA) is 94.3 Å². The van der Waals surface area contributed by atoms with Gasteiger partial charge in [0.05, 0.1) is 11.3 Å². The molecule has 0 saturated carbocycles. The van der Waals surface area contributed by atoms with Crippen LogP contribution in [0.15, 0.2) is 51.9 Å². The number of fused-ring (bicyclic) bond motifs is 1. The molecule has 1 aliphatic rings. The van der Waals surface area contributed by atoms with E-state index in [1.54, 1.807) is 23.9 Å². The van der Waals surface area contributed by atoms with Crippen LogP contribution < -0.4 is 5.32 Å². The number of esters is 1. The molecule has 2 aromatic carbocycles. The van der Waals surface area contributed by atoms with Gasteiger partial charge in [-0.2, -0.15) is 4.98 Å². The number of rotatable bonds is 4. The summed E-state index contributed by atoms with van der Waals surface area (Å²) in [4.78, 5) is 29.3. The number of ether oxygens (including phenoxy) is 1. The Bertz CT molecular complexity index is 1050. The first kappa shape index (κ1) is 18.2. The van der Waals surface area contributed by atoms with E-state index in [0.29, 0.717) is 29.2 Å². The van der Waals surface area contributed by atoms with Crippen molar-refractivity contribution in [2.24, 2.45) is 0 Å². The highest BCUT2D eigenvalue weighted by Crippen LogP contribution is 2.31. The van der Waals surface area contributed by atoms with Crippen molar-refractivity contribution >= 4 is 29.3 Å². The Morgan fingerprint density at radius 3 is 3.00 bits per heavy atom. The highest BCUT2D eigenvalue weighted by atomic mass is 32.2. The zero-order chi connectivity index (χ0) is 19.5. The number of hydrogen-bond donors (Lipinski definition) is 1. The van der Waals surface area contributed by atoms with Gasteiger partial charge in [0.1, 0.15) is 0 Å². The van der Waals surface area contributed by atoms with Crippen LogP contribution in [0, 0.1) is 6.92 Å². The molecule has 1 aromatic heterocycles. The fourth-order valence-corrected chi connectivity index (χ4v) is 3.74. The van der Waals surface area contributed by atoms with E-state index in [0.717, 1.165) is 16.0 Å². The molecule has 0 saturated heterocycles. The van der Waals surface area contributed by atoms with E-state index in [1.165, 1.54) is 0 Å². The lowest BCUT2D eigenvalue weighted by Crippen LogP contribution is -2.11. The smallest absolute Gasteiger partial charge is 0.338 e. The number of anilines is 1. The fourth-order valence-electron chi connectivity index (χ4n) is 2.80. The SMILES string of the molecule is Cc1ccccc1-c1noc(COC(=O)c2ccc3c(c2)NC(=O)CCS3)n1. The Balaban J connectivity index is 1.44. The third-order valence-corrected chi connectivity index (χ3v) is 5.33. The van der Waals surface area contributed by atoms with Gasteiger partial charge in [-0.15, -0.1) is 11.8 Å². The molecule has 0 fully saturated rings. The molecule has 1 amide bonds. The molecule has 3 aromatic rings. The first-order valence-electron chi connectivity index (χ1n) is 8.72. The second-order valence-corrected chi connectivity index (χ2v) is 7.40. The van der Waals surface area contributed by atoms with Crippen molar-refractivity contribution in [2.75, 3.05) is 11.1 Å². The normalized spacial score (nSPS) is 13.4. The minimum atomic E-state index is -0.526. The second-order valence-electron chi connectivity index (χ2n) is 6.26. The number of nitrogens with one attached hydrogen (secondary N) is 1. The molecule has 0 spiro atoms. The zero-order valence-corrected chi connectivity index (χ0v) is 15.9. The number of hydrogen-bond acceptors (Lipinski definition) is 7. The number of thioether (sulfide) groups is 1. The number of carbonyl (C=O) groups is 2. The summed E-state index contributed by atoms with van der Waals surface area (Å²) in [6.45, 7) is 1.83. The van der Waals surface area contributed by atoms with Gasteiger partial charge in [0.25, 0.3) is 5.89 Å². The number of carbonyl (C=O) groups excluding carboxylic acids is 2. The van der Waals surface area contributed by atoms with Crippen LogP contribution in [0.2, 0.25) is 0 Å². The third kappa shape index (κ3) is 3.91. The molecule has 142 valence electrons. The standard InChI is InChI=1S/C20H17N3O4S/c1-12-4-2-3-5-14(12)19-22-18(27-23-19)11-26-20(25)13-6-7-16-15(10-13)21-17(24)8-9-28-16/h2-7,10H,8-9,11H2,1H3,(H,21,24). The van der Waals surface area contributed by atoms with Crippen molar-refractivity contribution in [3.8, 4) is 11.4 Å². The summed E-state index contributed by atoms with van der Waals surface area (Å²) in [5, 5.41) is 6.76. The van der Waals surface area contributed by atoms with E-state index in [9.17, 15) is 9.59 Å². The van der Waals surface area contributed by atoms with Crippen LogP contribution in [0.5, 0.6) is 0 Å². The maximum atomic E-state index is 12.4. The minimum Gasteiger partial charge on any atom is -0.452 e. The zero-order valence-electron chi connectivity index (χ0n) is 15.1. The lowest BCUT2D eigenvalue weighted by atomic mass is 10.1. The van der Waals surface area contributed by atoms with Crippen molar-refractivity contribution in [3.63, 3.8) is 0 Å². The molecule has 1 N–H and O–H groups in total. The van der Waals surface area contributed by atoms with Gasteiger partial charge in [0, 0.05) is 22.6 Å². The van der Waals surface area contributed by atoms with Crippen LogP contribution in [-0.4, -0.2) is 27.8 Å². The molecular formula is C20H17N3O4S. The molecule has 0 bridgehead atoms. The molecule has 2 heterocycles. The molecule has 0 aliphatic carbocycles. The molecule has 4 rings (SSSR count). The number of nitrogens with zero attached hydrogens (tertiary/aromatic N) is 2. The quantitative estimate of drug-likeness (QED) is 0.671. The van der Waals surface area contributed by atoms with Gasteiger partial charge < -0.3 is 14.6 Å². The summed E-state index contributed by atoms with van der Waals surface area (Å²) in [6, 6.07) is 12.8. The Hall–Kier alpha value is -3.13. The Morgan fingerprint density at radius 1 is 1.29 bits per heavy atom. The van der Waals surface area contributed by atoms with E-state index >= 15 is 0 Å². The van der Waals surface area contributed by atoms with E-state index in [2.05, 4.69) is 15.5 Å². The number of aryl methyl sites for hydroxylation is 1. The molecular weight excluding hydrogens is 378 g/mol. The maximum absolute atomic E-state index is 12.4. The summed E-state index contributed by atoms with van der Waals surface area (Å²) in [7, 11) is 0. The summed E-state index contributed by atoms with van der Waals surface area (Å²) in [6.07, 6.45) is 0.444. The Kier molecular flexibility index (Phi) is 5.12. The van der Waals surface area contributed by atoms with Crippen molar-refractivity contribution in [1.29, 1.82) is 0 Å². The average molecular weight is 395 g/mol. The molecule has 7 nitrogen and oxygen atoms in total. The summed E-state index contributed by atoms with van der Waals surface area (Å²) in [5.41, 5.74) is 2.86. The molecule has 8 heteroatoms. The highest BCUT2D eigenvalue weighted by molar-refractivity contribution is 7.99. The summed E-state index contributed by atoms with van der Waals surface area (Å²) < 4.78 is 10.5. The number of benzene rings is 2. The first-order valence-corrected chi connectivity index (χ1v) is 9.71. The van der Waals surface area contributed by atoms with Gasteiger partial charge in [0.2, 0.25) is 11.7 Å². The molecule has 0 unspecified atom stereocenters. The Morgan fingerprint density at radius 2 is 2.14 bits per heavy atom. The van der Waals surface area contributed by atoms with Crippen molar-refractivity contribution in [2.45, 2.75) is 24.8 Å². The van der Waals surface area contributed by atoms with Crippen LogP contribution >= 0.6 is 11.8 Å². The van der Waals surface area contributed by atoms with Crippen LogP contribution in [0.3, 0.4) is 0 Å². The lowest BCUT2D eigenvalue weighted by Gasteiger charge is -2.08. The van der Waals surface area contributed by atoms with Gasteiger partial charge in [0.15, 0.2) is 6.61 Å². The van der Waals surface area contributed by atoms with Crippen LogP contribution in [-0.2, 0) is 16.1 Å². The van der Waals surface area contributed by atoms with Crippen LogP contribution in [0.25, 0.3) is 11.4 Å².